The minimum absolute atomic E-state index is 0.623. The number of aliphatic hydroxyl groups is 1. The summed E-state index contributed by atoms with van der Waals surface area (Å²) in [5, 5.41) is 9.61. The average Bonchev–Trinajstić information content (AvgIpc) is 2.27. The zero-order valence-corrected chi connectivity index (χ0v) is 8.36. The molecule has 3 heteroatoms. The van der Waals surface area contributed by atoms with Crippen molar-refractivity contribution in [3.8, 4) is 11.5 Å². The van der Waals surface area contributed by atoms with Gasteiger partial charge in [0, 0.05) is 5.56 Å². The third-order valence-electron chi connectivity index (χ3n) is 1.98. The van der Waals surface area contributed by atoms with E-state index in [1.54, 1.807) is 32.4 Å². The Labute approximate surface area is 83.6 Å². The van der Waals surface area contributed by atoms with Crippen molar-refractivity contribution >= 4 is 0 Å². The Morgan fingerprint density at radius 3 is 2.57 bits per heavy atom. The molecule has 0 aliphatic heterocycles. The lowest BCUT2D eigenvalue weighted by molar-refractivity contribution is 0.222. The van der Waals surface area contributed by atoms with Crippen molar-refractivity contribution in [1.29, 1.82) is 0 Å². The minimum Gasteiger partial charge on any atom is -0.497 e. The number of hydrogen-bond acceptors (Lipinski definition) is 3. The summed E-state index contributed by atoms with van der Waals surface area (Å²) in [4.78, 5) is 0. The van der Waals surface area contributed by atoms with Crippen LogP contribution in [0.15, 0.2) is 30.9 Å². The first-order valence-electron chi connectivity index (χ1n) is 4.25. The Morgan fingerprint density at radius 1 is 1.36 bits per heavy atom. The molecule has 0 spiro atoms. The highest BCUT2D eigenvalue weighted by Crippen LogP contribution is 2.29. The first-order chi connectivity index (χ1) is 6.72. The summed E-state index contributed by atoms with van der Waals surface area (Å²) < 4.78 is 10.2. The zero-order chi connectivity index (χ0) is 10.6. The summed E-state index contributed by atoms with van der Waals surface area (Å²) in [6, 6.07) is 5.25. The predicted octanol–water partition coefficient (Wildman–Crippen LogP) is 1.92. The first kappa shape index (κ1) is 10.6. The van der Waals surface area contributed by atoms with Crippen LogP contribution in [0.3, 0.4) is 0 Å². The molecule has 0 saturated heterocycles. The molecule has 1 aromatic carbocycles. The van der Waals surface area contributed by atoms with Gasteiger partial charge in [0.15, 0.2) is 0 Å². The monoisotopic (exact) mass is 194 g/mol. The van der Waals surface area contributed by atoms with Gasteiger partial charge in [0.1, 0.15) is 17.6 Å². The van der Waals surface area contributed by atoms with Gasteiger partial charge in [-0.3, -0.25) is 0 Å². The molecule has 14 heavy (non-hydrogen) atoms. The van der Waals surface area contributed by atoms with Crippen LogP contribution in [0.25, 0.3) is 0 Å². The van der Waals surface area contributed by atoms with Gasteiger partial charge in [-0.2, -0.15) is 0 Å². The van der Waals surface area contributed by atoms with Crippen molar-refractivity contribution in [1.82, 2.24) is 0 Å². The zero-order valence-electron chi connectivity index (χ0n) is 8.36. The van der Waals surface area contributed by atoms with Gasteiger partial charge in [-0.1, -0.05) is 6.08 Å². The van der Waals surface area contributed by atoms with Crippen LogP contribution in [-0.2, 0) is 0 Å². The highest BCUT2D eigenvalue weighted by molar-refractivity contribution is 5.42. The molecule has 0 radical (unpaired) electrons. The summed E-state index contributed by atoms with van der Waals surface area (Å²) in [6.07, 6.45) is 0.706. The molecule has 0 bridgehead atoms. The number of methoxy groups -OCH3 is 2. The van der Waals surface area contributed by atoms with Crippen LogP contribution in [0.2, 0.25) is 0 Å². The number of ether oxygens (including phenoxy) is 2. The molecular formula is C11H14O3. The second-order valence-corrected chi connectivity index (χ2v) is 2.79. The minimum atomic E-state index is -0.736. The Hall–Kier alpha value is -1.48. The van der Waals surface area contributed by atoms with Crippen LogP contribution < -0.4 is 9.47 Å². The largest absolute Gasteiger partial charge is 0.497 e. The Bertz CT molecular complexity index is 320. The van der Waals surface area contributed by atoms with Gasteiger partial charge in [-0.25, -0.2) is 0 Å². The predicted molar refractivity (Wildman–Crippen MR) is 54.7 cm³/mol. The summed E-state index contributed by atoms with van der Waals surface area (Å²) >= 11 is 0. The molecule has 1 aromatic rings. The van der Waals surface area contributed by atoms with Gasteiger partial charge in [-0.05, 0) is 18.2 Å². The van der Waals surface area contributed by atoms with Crippen LogP contribution in [0, 0.1) is 0 Å². The Kier molecular flexibility index (Phi) is 3.54. The maximum absolute atomic E-state index is 9.61. The summed E-state index contributed by atoms with van der Waals surface area (Å²) in [5.41, 5.74) is 0.654. The molecule has 1 N–H and O–H groups in total. The summed E-state index contributed by atoms with van der Waals surface area (Å²) in [6.45, 7) is 3.52. The lowest BCUT2D eigenvalue weighted by Gasteiger charge is -2.12. The smallest absolute Gasteiger partial charge is 0.125 e. The highest BCUT2D eigenvalue weighted by atomic mass is 16.5. The van der Waals surface area contributed by atoms with Crippen molar-refractivity contribution in [3.63, 3.8) is 0 Å². The number of rotatable bonds is 4. The molecule has 3 nitrogen and oxygen atoms in total. The van der Waals surface area contributed by atoms with Crippen molar-refractivity contribution in [2.24, 2.45) is 0 Å². The molecule has 0 aliphatic rings. The van der Waals surface area contributed by atoms with E-state index < -0.39 is 6.10 Å². The molecule has 1 atom stereocenters. The normalized spacial score (nSPS) is 11.9. The molecule has 0 aliphatic carbocycles. The van der Waals surface area contributed by atoms with Crippen molar-refractivity contribution in [2.45, 2.75) is 6.10 Å². The Balaban J connectivity index is 3.14. The van der Waals surface area contributed by atoms with E-state index in [0.717, 1.165) is 0 Å². The van der Waals surface area contributed by atoms with E-state index in [-0.39, 0.29) is 0 Å². The fraction of sp³-hybridized carbons (Fsp3) is 0.273. The second kappa shape index (κ2) is 4.67. The second-order valence-electron chi connectivity index (χ2n) is 2.79. The van der Waals surface area contributed by atoms with E-state index in [9.17, 15) is 5.11 Å². The first-order valence-corrected chi connectivity index (χ1v) is 4.25. The third-order valence-corrected chi connectivity index (χ3v) is 1.98. The maximum Gasteiger partial charge on any atom is 0.125 e. The van der Waals surface area contributed by atoms with Crippen LogP contribution in [-0.4, -0.2) is 19.3 Å². The SMILES string of the molecule is C=CC(O)c1cc(OC)ccc1OC. The van der Waals surface area contributed by atoms with Crippen molar-refractivity contribution in [2.75, 3.05) is 14.2 Å². The van der Waals surface area contributed by atoms with Crippen molar-refractivity contribution in [3.05, 3.63) is 36.4 Å². The summed E-state index contributed by atoms with van der Waals surface area (Å²) in [7, 11) is 3.13. The molecule has 1 unspecified atom stereocenters. The molecule has 76 valence electrons. The van der Waals surface area contributed by atoms with Gasteiger partial charge >= 0.3 is 0 Å². The molecule has 0 aromatic heterocycles. The molecule has 0 fully saturated rings. The Morgan fingerprint density at radius 2 is 2.07 bits per heavy atom. The van der Waals surface area contributed by atoms with E-state index in [0.29, 0.717) is 17.1 Å². The fourth-order valence-electron chi connectivity index (χ4n) is 1.20. The molecule has 1 rings (SSSR count). The molecule has 0 heterocycles. The third kappa shape index (κ3) is 2.06. The lowest BCUT2D eigenvalue weighted by Crippen LogP contribution is -1.98. The van der Waals surface area contributed by atoms with Gasteiger partial charge in [0.05, 0.1) is 14.2 Å². The maximum atomic E-state index is 9.61. The number of aliphatic hydroxyl groups excluding tert-OH is 1. The van der Waals surface area contributed by atoms with E-state index in [4.69, 9.17) is 9.47 Å². The standard InChI is InChI=1S/C11H14O3/c1-4-10(12)9-7-8(13-2)5-6-11(9)14-3/h4-7,10,12H,1H2,2-3H3. The lowest BCUT2D eigenvalue weighted by atomic mass is 10.1. The number of hydrogen-bond donors (Lipinski definition) is 1. The topological polar surface area (TPSA) is 38.7 Å². The highest BCUT2D eigenvalue weighted by Gasteiger charge is 2.10. The average molecular weight is 194 g/mol. The molecule has 0 amide bonds. The van der Waals surface area contributed by atoms with Gasteiger partial charge in [-0.15, -0.1) is 6.58 Å². The van der Waals surface area contributed by atoms with Crippen molar-refractivity contribution < 1.29 is 14.6 Å². The van der Waals surface area contributed by atoms with E-state index in [1.165, 1.54) is 6.08 Å². The van der Waals surface area contributed by atoms with E-state index in [2.05, 4.69) is 6.58 Å². The van der Waals surface area contributed by atoms with Gasteiger partial charge in [0.2, 0.25) is 0 Å². The van der Waals surface area contributed by atoms with E-state index in [1.807, 2.05) is 0 Å². The quantitative estimate of drug-likeness (QED) is 0.744. The van der Waals surface area contributed by atoms with Crippen LogP contribution >= 0.6 is 0 Å². The molecular weight excluding hydrogens is 180 g/mol. The van der Waals surface area contributed by atoms with Crippen LogP contribution in [0.5, 0.6) is 11.5 Å². The van der Waals surface area contributed by atoms with Gasteiger partial charge in [0.25, 0.3) is 0 Å². The van der Waals surface area contributed by atoms with Crippen LogP contribution in [0.4, 0.5) is 0 Å². The van der Waals surface area contributed by atoms with Gasteiger partial charge < -0.3 is 14.6 Å². The number of benzene rings is 1. The summed E-state index contributed by atoms with van der Waals surface area (Å²) in [5.74, 6) is 1.31. The van der Waals surface area contributed by atoms with E-state index >= 15 is 0 Å². The van der Waals surface area contributed by atoms with Crippen LogP contribution in [0.1, 0.15) is 11.7 Å². The fourth-order valence-corrected chi connectivity index (χ4v) is 1.20. The molecule has 0 saturated carbocycles.